The molecule has 1 aromatic carbocycles. The van der Waals surface area contributed by atoms with E-state index in [1.807, 2.05) is 12.1 Å². The van der Waals surface area contributed by atoms with Crippen molar-refractivity contribution < 1.29 is 4.74 Å². The molecular formula is C17H21N3O. The molecule has 0 spiro atoms. The van der Waals surface area contributed by atoms with Crippen LogP contribution in [0.15, 0.2) is 36.7 Å². The minimum absolute atomic E-state index is 0.524. The van der Waals surface area contributed by atoms with Crippen LogP contribution >= 0.6 is 0 Å². The van der Waals surface area contributed by atoms with Crippen LogP contribution in [0.5, 0.6) is 11.6 Å². The van der Waals surface area contributed by atoms with Gasteiger partial charge in [0.15, 0.2) is 0 Å². The highest BCUT2D eigenvalue weighted by molar-refractivity contribution is 5.31. The maximum atomic E-state index is 5.77. The van der Waals surface area contributed by atoms with Crippen molar-refractivity contribution >= 4 is 0 Å². The summed E-state index contributed by atoms with van der Waals surface area (Å²) in [5.74, 6) is 1.86. The van der Waals surface area contributed by atoms with Gasteiger partial charge in [0.25, 0.3) is 0 Å². The minimum Gasteiger partial charge on any atom is -0.437 e. The summed E-state index contributed by atoms with van der Waals surface area (Å²) in [5.41, 5.74) is 2.22. The Morgan fingerprint density at radius 1 is 1.19 bits per heavy atom. The molecule has 0 radical (unpaired) electrons. The van der Waals surface area contributed by atoms with Crippen molar-refractivity contribution in [3.63, 3.8) is 0 Å². The van der Waals surface area contributed by atoms with Gasteiger partial charge >= 0.3 is 0 Å². The second-order valence-corrected chi connectivity index (χ2v) is 5.83. The first-order valence-corrected chi connectivity index (χ1v) is 7.53. The molecule has 4 nitrogen and oxygen atoms in total. The third-order valence-corrected chi connectivity index (χ3v) is 3.58. The molecule has 0 atom stereocenters. The molecule has 2 aromatic rings. The molecule has 0 bridgehead atoms. The van der Waals surface area contributed by atoms with Crippen molar-refractivity contribution in [2.75, 3.05) is 0 Å². The summed E-state index contributed by atoms with van der Waals surface area (Å²) in [6, 6.07) is 8.80. The van der Waals surface area contributed by atoms with Gasteiger partial charge in [-0.15, -0.1) is 0 Å². The van der Waals surface area contributed by atoms with Crippen molar-refractivity contribution in [2.45, 2.75) is 45.2 Å². The van der Waals surface area contributed by atoms with E-state index in [1.165, 1.54) is 18.4 Å². The Balaban J connectivity index is 1.64. The lowest BCUT2D eigenvalue weighted by atomic mass is 10.0. The molecule has 3 rings (SSSR count). The van der Waals surface area contributed by atoms with Crippen LogP contribution < -0.4 is 10.1 Å². The van der Waals surface area contributed by atoms with E-state index in [0.29, 0.717) is 17.8 Å². The SMILES string of the molecule is CC(C)c1ccc(Oc2cncc(CNC3CC3)n2)cc1. The molecule has 1 saturated carbocycles. The van der Waals surface area contributed by atoms with Crippen molar-refractivity contribution in [3.8, 4) is 11.6 Å². The summed E-state index contributed by atoms with van der Waals surface area (Å²) in [6.07, 6.45) is 5.97. The van der Waals surface area contributed by atoms with Crippen molar-refractivity contribution in [3.05, 3.63) is 47.9 Å². The summed E-state index contributed by atoms with van der Waals surface area (Å²) in [5, 5.41) is 3.43. The molecule has 1 N–H and O–H groups in total. The van der Waals surface area contributed by atoms with Gasteiger partial charge < -0.3 is 10.1 Å². The summed E-state index contributed by atoms with van der Waals surface area (Å²) in [4.78, 5) is 8.68. The molecule has 1 aromatic heterocycles. The van der Waals surface area contributed by atoms with Crippen LogP contribution in [0.2, 0.25) is 0 Å². The van der Waals surface area contributed by atoms with E-state index >= 15 is 0 Å². The maximum Gasteiger partial charge on any atom is 0.238 e. The van der Waals surface area contributed by atoms with Gasteiger partial charge in [-0.25, -0.2) is 4.98 Å². The summed E-state index contributed by atoms with van der Waals surface area (Å²) < 4.78 is 5.77. The van der Waals surface area contributed by atoms with E-state index in [-0.39, 0.29) is 0 Å². The molecule has 0 unspecified atom stereocenters. The molecule has 1 fully saturated rings. The first-order valence-electron chi connectivity index (χ1n) is 7.53. The third kappa shape index (κ3) is 4.02. The normalized spacial score (nSPS) is 14.4. The standard InChI is InChI=1S/C17H21N3O/c1-12(2)13-3-7-16(8-4-13)21-17-11-18-9-15(20-17)10-19-14-5-6-14/h3-4,7-9,11-12,14,19H,5-6,10H2,1-2H3. The molecule has 1 aliphatic rings. The number of nitrogens with zero attached hydrogens (tertiary/aromatic N) is 2. The monoisotopic (exact) mass is 283 g/mol. The fourth-order valence-corrected chi connectivity index (χ4v) is 2.10. The van der Waals surface area contributed by atoms with Gasteiger partial charge in [-0.3, -0.25) is 4.98 Å². The Kier molecular flexibility index (Phi) is 4.15. The molecule has 0 aliphatic heterocycles. The molecular weight excluding hydrogens is 262 g/mol. The van der Waals surface area contributed by atoms with Gasteiger partial charge in [-0.2, -0.15) is 0 Å². The summed E-state index contributed by atoms with van der Waals surface area (Å²) in [7, 11) is 0. The van der Waals surface area contributed by atoms with Crippen LogP contribution in [0.4, 0.5) is 0 Å². The van der Waals surface area contributed by atoms with Crippen LogP contribution in [-0.2, 0) is 6.54 Å². The molecule has 0 saturated heterocycles. The Bertz CT molecular complexity index is 591. The lowest BCUT2D eigenvalue weighted by Gasteiger charge is -2.09. The van der Waals surface area contributed by atoms with Gasteiger partial charge in [0.1, 0.15) is 5.75 Å². The van der Waals surface area contributed by atoms with Crippen molar-refractivity contribution in [1.82, 2.24) is 15.3 Å². The zero-order valence-electron chi connectivity index (χ0n) is 12.5. The zero-order valence-corrected chi connectivity index (χ0v) is 12.5. The lowest BCUT2D eigenvalue weighted by Crippen LogP contribution is -2.16. The second kappa shape index (κ2) is 6.22. The quantitative estimate of drug-likeness (QED) is 0.879. The van der Waals surface area contributed by atoms with Crippen molar-refractivity contribution in [2.24, 2.45) is 0 Å². The largest absolute Gasteiger partial charge is 0.437 e. The Morgan fingerprint density at radius 3 is 2.62 bits per heavy atom. The number of aromatic nitrogens is 2. The third-order valence-electron chi connectivity index (χ3n) is 3.58. The van der Waals surface area contributed by atoms with E-state index in [9.17, 15) is 0 Å². The van der Waals surface area contributed by atoms with E-state index in [1.54, 1.807) is 12.4 Å². The highest BCUT2D eigenvalue weighted by Crippen LogP contribution is 2.23. The second-order valence-electron chi connectivity index (χ2n) is 5.83. The van der Waals surface area contributed by atoms with Gasteiger partial charge in [0.2, 0.25) is 5.88 Å². The highest BCUT2D eigenvalue weighted by Gasteiger charge is 2.20. The van der Waals surface area contributed by atoms with Crippen LogP contribution in [0.3, 0.4) is 0 Å². The molecule has 110 valence electrons. The van der Waals surface area contributed by atoms with Crippen LogP contribution in [0.1, 0.15) is 43.9 Å². The summed E-state index contributed by atoms with van der Waals surface area (Å²) in [6.45, 7) is 5.11. The average molecular weight is 283 g/mol. The topological polar surface area (TPSA) is 47.0 Å². The number of hydrogen-bond acceptors (Lipinski definition) is 4. The number of nitrogens with one attached hydrogen (secondary N) is 1. The highest BCUT2D eigenvalue weighted by atomic mass is 16.5. The Hall–Kier alpha value is -1.94. The first-order chi connectivity index (χ1) is 10.2. The number of hydrogen-bond donors (Lipinski definition) is 1. The Morgan fingerprint density at radius 2 is 1.95 bits per heavy atom. The van der Waals surface area contributed by atoms with Crippen LogP contribution in [-0.4, -0.2) is 16.0 Å². The zero-order chi connectivity index (χ0) is 14.7. The van der Waals surface area contributed by atoms with Gasteiger partial charge in [0, 0.05) is 18.8 Å². The Labute approximate surface area is 125 Å². The fourth-order valence-electron chi connectivity index (χ4n) is 2.10. The minimum atomic E-state index is 0.524. The van der Waals surface area contributed by atoms with E-state index in [0.717, 1.165) is 18.0 Å². The maximum absolute atomic E-state index is 5.77. The fraction of sp³-hybridized carbons (Fsp3) is 0.412. The number of benzene rings is 1. The smallest absolute Gasteiger partial charge is 0.238 e. The first kappa shape index (κ1) is 14.0. The predicted octanol–water partition coefficient (Wildman–Crippen LogP) is 3.64. The predicted molar refractivity (Wildman–Crippen MR) is 82.5 cm³/mol. The molecule has 0 amide bonds. The summed E-state index contributed by atoms with van der Waals surface area (Å²) >= 11 is 0. The molecule has 4 heteroatoms. The lowest BCUT2D eigenvalue weighted by molar-refractivity contribution is 0.456. The van der Waals surface area contributed by atoms with Crippen LogP contribution in [0, 0.1) is 0 Å². The number of ether oxygens (including phenoxy) is 1. The van der Waals surface area contributed by atoms with Gasteiger partial charge in [-0.05, 0) is 36.5 Å². The molecule has 1 heterocycles. The van der Waals surface area contributed by atoms with Gasteiger partial charge in [0.05, 0.1) is 11.9 Å². The van der Waals surface area contributed by atoms with E-state index < -0.39 is 0 Å². The van der Waals surface area contributed by atoms with E-state index in [2.05, 4.69) is 41.3 Å². The van der Waals surface area contributed by atoms with Crippen LogP contribution in [0.25, 0.3) is 0 Å². The van der Waals surface area contributed by atoms with E-state index in [4.69, 9.17) is 4.74 Å². The average Bonchev–Trinajstić information content (AvgIpc) is 3.30. The number of rotatable bonds is 6. The van der Waals surface area contributed by atoms with Crippen molar-refractivity contribution in [1.29, 1.82) is 0 Å². The molecule has 21 heavy (non-hydrogen) atoms. The van der Waals surface area contributed by atoms with Gasteiger partial charge in [-0.1, -0.05) is 26.0 Å². The molecule has 1 aliphatic carbocycles.